The summed E-state index contributed by atoms with van der Waals surface area (Å²) in [6.45, 7) is 5.02. The largest absolute Gasteiger partial charge is 0.484 e. The third-order valence-electron chi connectivity index (χ3n) is 2.72. The highest BCUT2D eigenvalue weighted by atomic mass is 35.5. The summed E-state index contributed by atoms with van der Waals surface area (Å²) in [6.07, 6.45) is 1.45. The van der Waals surface area contributed by atoms with E-state index in [0.29, 0.717) is 16.8 Å². The highest BCUT2D eigenvalue weighted by Gasteiger charge is 2.12. The lowest BCUT2D eigenvalue weighted by molar-refractivity contribution is -0.384. The Morgan fingerprint density at radius 2 is 2.24 bits per heavy atom. The number of rotatable bonds is 6. The summed E-state index contributed by atoms with van der Waals surface area (Å²) in [5.41, 5.74) is -0.0713. The van der Waals surface area contributed by atoms with E-state index in [0.717, 1.165) is 6.54 Å². The first-order valence-electron chi connectivity index (χ1n) is 6.40. The van der Waals surface area contributed by atoms with Crippen molar-refractivity contribution < 1.29 is 9.66 Å². The van der Waals surface area contributed by atoms with Gasteiger partial charge in [0.25, 0.3) is 5.69 Å². The Morgan fingerprint density at radius 3 is 2.90 bits per heavy atom. The number of hydrogen-bond donors (Lipinski definition) is 0. The molecule has 0 aliphatic rings. The molecule has 0 atom stereocenters. The fourth-order valence-electron chi connectivity index (χ4n) is 1.76. The molecular formula is C13H15ClN4O3. The molecule has 0 saturated carbocycles. The van der Waals surface area contributed by atoms with Gasteiger partial charge in [-0.25, -0.2) is 9.67 Å². The first-order valence-corrected chi connectivity index (χ1v) is 6.78. The van der Waals surface area contributed by atoms with Crippen molar-refractivity contribution in [3.05, 3.63) is 45.5 Å². The normalized spacial score (nSPS) is 10.9. The standard InChI is InChI=1S/C13H15ClN4O3/c1-9(2)6-17-13(15-8-16-17)7-21-12-5-10(18(19)20)3-4-11(12)14/h3-5,8-9H,6-7H2,1-2H3. The lowest BCUT2D eigenvalue weighted by atomic mass is 10.2. The van der Waals surface area contributed by atoms with Crippen molar-refractivity contribution in [2.75, 3.05) is 0 Å². The van der Waals surface area contributed by atoms with Crippen LogP contribution in [0, 0.1) is 16.0 Å². The number of nitrogens with zero attached hydrogens (tertiary/aromatic N) is 4. The molecule has 1 heterocycles. The van der Waals surface area contributed by atoms with Gasteiger partial charge in [0.15, 0.2) is 5.82 Å². The maximum Gasteiger partial charge on any atom is 0.273 e. The number of nitro benzene ring substituents is 1. The summed E-state index contributed by atoms with van der Waals surface area (Å²) >= 11 is 5.97. The van der Waals surface area contributed by atoms with Crippen molar-refractivity contribution in [2.24, 2.45) is 5.92 Å². The van der Waals surface area contributed by atoms with Crippen molar-refractivity contribution in [1.29, 1.82) is 0 Å². The van der Waals surface area contributed by atoms with E-state index in [1.807, 2.05) is 0 Å². The lowest BCUT2D eigenvalue weighted by Gasteiger charge is -2.10. The number of halogens is 1. The highest BCUT2D eigenvalue weighted by Crippen LogP contribution is 2.29. The average Bonchev–Trinajstić information content (AvgIpc) is 2.84. The Balaban J connectivity index is 2.11. The van der Waals surface area contributed by atoms with Gasteiger partial charge in [-0.3, -0.25) is 10.1 Å². The van der Waals surface area contributed by atoms with E-state index in [4.69, 9.17) is 16.3 Å². The third-order valence-corrected chi connectivity index (χ3v) is 3.03. The summed E-state index contributed by atoms with van der Waals surface area (Å²) in [5, 5.41) is 15.2. The van der Waals surface area contributed by atoms with Gasteiger partial charge < -0.3 is 4.74 Å². The minimum absolute atomic E-state index is 0.0713. The van der Waals surface area contributed by atoms with Crippen LogP contribution >= 0.6 is 11.6 Å². The van der Waals surface area contributed by atoms with Crippen molar-refractivity contribution >= 4 is 17.3 Å². The predicted octanol–water partition coefficient (Wildman–Crippen LogP) is 3.07. The molecule has 1 aromatic carbocycles. The zero-order valence-electron chi connectivity index (χ0n) is 11.7. The van der Waals surface area contributed by atoms with Gasteiger partial charge in [0.2, 0.25) is 0 Å². The van der Waals surface area contributed by atoms with E-state index in [1.165, 1.54) is 24.5 Å². The minimum atomic E-state index is -0.496. The van der Waals surface area contributed by atoms with Gasteiger partial charge in [-0.15, -0.1) is 0 Å². The van der Waals surface area contributed by atoms with Crippen LogP contribution in [0.4, 0.5) is 5.69 Å². The predicted molar refractivity (Wildman–Crippen MR) is 77.3 cm³/mol. The molecule has 2 rings (SSSR count). The molecule has 7 nitrogen and oxygen atoms in total. The number of benzene rings is 1. The smallest absolute Gasteiger partial charge is 0.273 e. The fourth-order valence-corrected chi connectivity index (χ4v) is 1.93. The van der Waals surface area contributed by atoms with E-state index < -0.39 is 4.92 Å². The SMILES string of the molecule is CC(C)Cn1ncnc1COc1cc([N+](=O)[O-])ccc1Cl. The van der Waals surface area contributed by atoms with Gasteiger partial charge in [-0.1, -0.05) is 25.4 Å². The molecule has 112 valence electrons. The maximum absolute atomic E-state index is 10.8. The van der Waals surface area contributed by atoms with Crippen molar-refractivity contribution in [2.45, 2.75) is 27.0 Å². The molecule has 0 fully saturated rings. The second-order valence-corrected chi connectivity index (χ2v) is 5.32. The molecule has 0 N–H and O–H groups in total. The average molecular weight is 311 g/mol. The molecule has 0 bridgehead atoms. The van der Waals surface area contributed by atoms with Crippen LogP contribution in [0.15, 0.2) is 24.5 Å². The van der Waals surface area contributed by atoms with E-state index in [9.17, 15) is 10.1 Å². The van der Waals surface area contributed by atoms with Crippen molar-refractivity contribution in [3.8, 4) is 5.75 Å². The fraction of sp³-hybridized carbons (Fsp3) is 0.385. The monoisotopic (exact) mass is 310 g/mol. The molecule has 0 amide bonds. The zero-order chi connectivity index (χ0) is 15.4. The van der Waals surface area contributed by atoms with Gasteiger partial charge in [0.05, 0.1) is 16.0 Å². The van der Waals surface area contributed by atoms with Gasteiger partial charge in [0, 0.05) is 12.6 Å². The van der Waals surface area contributed by atoms with E-state index in [1.54, 1.807) is 4.68 Å². The Morgan fingerprint density at radius 1 is 1.48 bits per heavy atom. The van der Waals surface area contributed by atoms with Crippen LogP contribution < -0.4 is 4.74 Å². The summed E-state index contributed by atoms with van der Waals surface area (Å²) in [4.78, 5) is 14.4. The molecule has 0 spiro atoms. The molecule has 21 heavy (non-hydrogen) atoms. The Hall–Kier alpha value is -2.15. The summed E-state index contributed by atoms with van der Waals surface area (Å²) in [5.74, 6) is 1.32. The van der Waals surface area contributed by atoms with Crippen LogP contribution in [0.1, 0.15) is 19.7 Å². The highest BCUT2D eigenvalue weighted by molar-refractivity contribution is 6.32. The minimum Gasteiger partial charge on any atom is -0.484 e. The van der Waals surface area contributed by atoms with Crippen LogP contribution in [0.5, 0.6) is 5.75 Å². The maximum atomic E-state index is 10.8. The Bertz CT molecular complexity index is 642. The van der Waals surface area contributed by atoms with Crippen molar-refractivity contribution in [1.82, 2.24) is 14.8 Å². The van der Waals surface area contributed by atoms with Crippen LogP contribution in [0.2, 0.25) is 5.02 Å². The van der Waals surface area contributed by atoms with Crippen LogP contribution in [-0.4, -0.2) is 19.7 Å². The summed E-state index contributed by atoms with van der Waals surface area (Å²) in [6, 6.07) is 4.07. The molecule has 0 unspecified atom stereocenters. The number of ether oxygens (including phenoxy) is 1. The molecule has 0 aliphatic heterocycles. The number of non-ortho nitro benzene ring substituents is 1. The van der Waals surface area contributed by atoms with Crippen LogP contribution in [0.25, 0.3) is 0 Å². The van der Waals surface area contributed by atoms with E-state index in [-0.39, 0.29) is 18.0 Å². The van der Waals surface area contributed by atoms with Crippen molar-refractivity contribution in [3.63, 3.8) is 0 Å². The molecule has 2 aromatic rings. The lowest BCUT2D eigenvalue weighted by Crippen LogP contribution is -2.12. The number of aromatic nitrogens is 3. The molecule has 0 aliphatic carbocycles. The zero-order valence-corrected chi connectivity index (χ0v) is 12.4. The van der Waals surface area contributed by atoms with Gasteiger partial charge in [0.1, 0.15) is 18.7 Å². The number of hydrogen-bond acceptors (Lipinski definition) is 5. The molecule has 8 heteroatoms. The van der Waals surface area contributed by atoms with Gasteiger partial charge >= 0.3 is 0 Å². The summed E-state index contributed by atoms with van der Waals surface area (Å²) in [7, 11) is 0. The van der Waals surface area contributed by atoms with E-state index in [2.05, 4.69) is 23.9 Å². The van der Waals surface area contributed by atoms with Crippen LogP contribution in [0.3, 0.4) is 0 Å². The Labute approximate surface area is 126 Å². The summed E-state index contributed by atoms with van der Waals surface area (Å²) < 4.78 is 7.28. The first-order chi connectivity index (χ1) is 9.97. The molecule has 0 saturated heterocycles. The first kappa shape index (κ1) is 15.2. The Kier molecular flexibility index (Phi) is 4.74. The molecule has 0 radical (unpaired) electrons. The molecule has 1 aromatic heterocycles. The molecular weight excluding hydrogens is 296 g/mol. The second-order valence-electron chi connectivity index (χ2n) is 4.91. The topological polar surface area (TPSA) is 83.1 Å². The van der Waals surface area contributed by atoms with Crippen LogP contribution in [-0.2, 0) is 13.2 Å². The quantitative estimate of drug-likeness (QED) is 0.605. The second kappa shape index (κ2) is 6.53. The number of nitro groups is 1. The van der Waals surface area contributed by atoms with Gasteiger partial charge in [-0.05, 0) is 12.0 Å². The van der Waals surface area contributed by atoms with E-state index >= 15 is 0 Å². The van der Waals surface area contributed by atoms with Gasteiger partial charge in [-0.2, -0.15) is 5.10 Å². The third kappa shape index (κ3) is 3.91.